The van der Waals surface area contributed by atoms with Gasteiger partial charge in [0, 0.05) is 12.6 Å². The standard InChI is InChI=1S/C27H33N3O3/c1-18-26(33-3)24(29-28-18)17-30(2)27(32)22-12-9-19(10-13-22)15-20-11-14-23(16-20)25(31)21-7-5-4-6-8-21/h4-10,12-13,20,23,25,31H,11,14-17H2,1-3H3,(H,28,29)/t20?,23-,25+/m0/s1. The second-order valence-electron chi connectivity index (χ2n) is 9.19. The van der Waals surface area contributed by atoms with Gasteiger partial charge in [0.1, 0.15) is 5.69 Å². The maximum Gasteiger partial charge on any atom is 0.253 e. The molecule has 1 aliphatic carbocycles. The molecule has 6 nitrogen and oxygen atoms in total. The maximum atomic E-state index is 12.9. The lowest BCUT2D eigenvalue weighted by molar-refractivity contribution is 0.0782. The lowest BCUT2D eigenvalue weighted by Crippen LogP contribution is -2.26. The molecule has 1 aromatic heterocycles. The summed E-state index contributed by atoms with van der Waals surface area (Å²) in [5, 5.41) is 17.9. The second kappa shape index (κ2) is 10.2. The summed E-state index contributed by atoms with van der Waals surface area (Å²) in [6, 6.07) is 17.9. The minimum Gasteiger partial charge on any atom is -0.493 e. The fourth-order valence-corrected chi connectivity index (χ4v) is 4.99. The summed E-state index contributed by atoms with van der Waals surface area (Å²) in [4.78, 5) is 14.5. The highest BCUT2D eigenvalue weighted by molar-refractivity contribution is 5.94. The molecule has 6 heteroatoms. The number of hydrogen-bond donors (Lipinski definition) is 2. The van der Waals surface area contributed by atoms with Crippen LogP contribution in [-0.4, -0.2) is 40.3 Å². The number of aliphatic hydroxyl groups excluding tert-OH is 1. The van der Waals surface area contributed by atoms with E-state index in [4.69, 9.17) is 4.74 Å². The van der Waals surface area contributed by atoms with E-state index in [1.165, 1.54) is 5.56 Å². The van der Waals surface area contributed by atoms with Crippen molar-refractivity contribution >= 4 is 5.91 Å². The Morgan fingerprint density at radius 1 is 1.18 bits per heavy atom. The largest absolute Gasteiger partial charge is 0.493 e. The molecule has 1 amide bonds. The number of aromatic nitrogens is 2. The lowest BCUT2D eigenvalue weighted by Gasteiger charge is -2.19. The molecule has 174 valence electrons. The Kier molecular flexibility index (Phi) is 7.14. The first-order valence-corrected chi connectivity index (χ1v) is 11.6. The third kappa shape index (κ3) is 5.28. The van der Waals surface area contributed by atoms with Crippen LogP contribution in [0.4, 0.5) is 0 Å². The van der Waals surface area contributed by atoms with Crippen LogP contribution in [0.5, 0.6) is 5.75 Å². The van der Waals surface area contributed by atoms with E-state index >= 15 is 0 Å². The van der Waals surface area contributed by atoms with Crippen LogP contribution in [0.25, 0.3) is 0 Å². The van der Waals surface area contributed by atoms with E-state index in [9.17, 15) is 9.90 Å². The first-order valence-electron chi connectivity index (χ1n) is 11.6. The highest BCUT2D eigenvalue weighted by atomic mass is 16.5. The van der Waals surface area contributed by atoms with Crippen molar-refractivity contribution < 1.29 is 14.6 Å². The van der Waals surface area contributed by atoms with Crippen LogP contribution in [0.15, 0.2) is 54.6 Å². The van der Waals surface area contributed by atoms with Crippen LogP contribution in [0.2, 0.25) is 0 Å². The first-order chi connectivity index (χ1) is 16.0. The molecule has 3 atom stereocenters. The molecule has 0 aliphatic heterocycles. The van der Waals surface area contributed by atoms with Crippen molar-refractivity contribution in [2.24, 2.45) is 11.8 Å². The molecule has 0 radical (unpaired) electrons. The van der Waals surface area contributed by atoms with E-state index in [1.807, 2.05) is 49.4 Å². The van der Waals surface area contributed by atoms with Crippen LogP contribution in [0.1, 0.15) is 58.2 Å². The molecule has 0 saturated heterocycles. The van der Waals surface area contributed by atoms with E-state index in [0.29, 0.717) is 29.7 Å². The maximum absolute atomic E-state index is 12.9. The summed E-state index contributed by atoms with van der Waals surface area (Å²) in [5.41, 5.74) is 4.48. The van der Waals surface area contributed by atoms with E-state index in [2.05, 4.69) is 22.3 Å². The highest BCUT2D eigenvalue weighted by Gasteiger charge is 2.30. The summed E-state index contributed by atoms with van der Waals surface area (Å²) in [5.74, 6) is 1.52. The average Bonchev–Trinajstić information content (AvgIpc) is 3.45. The number of ether oxygens (including phenoxy) is 1. The van der Waals surface area contributed by atoms with E-state index in [-0.39, 0.29) is 12.0 Å². The SMILES string of the molecule is COc1c(CN(C)C(=O)c2ccc(CC3CC[C@H]([C@H](O)c4ccccc4)C3)cc2)n[nH]c1C. The van der Waals surface area contributed by atoms with Gasteiger partial charge in [0.2, 0.25) is 0 Å². The Balaban J connectivity index is 1.32. The number of methoxy groups -OCH3 is 1. The van der Waals surface area contributed by atoms with Crippen molar-refractivity contribution in [3.8, 4) is 5.75 Å². The summed E-state index contributed by atoms with van der Waals surface area (Å²) >= 11 is 0. The number of H-pyrrole nitrogens is 1. The number of aliphatic hydroxyl groups is 1. The number of amides is 1. The molecule has 33 heavy (non-hydrogen) atoms. The molecule has 1 saturated carbocycles. The Bertz CT molecular complexity index is 1060. The number of hydrogen-bond acceptors (Lipinski definition) is 4. The van der Waals surface area contributed by atoms with E-state index in [1.54, 1.807) is 19.1 Å². The fourth-order valence-electron chi connectivity index (χ4n) is 4.99. The zero-order valence-electron chi connectivity index (χ0n) is 19.6. The van der Waals surface area contributed by atoms with Crippen molar-refractivity contribution in [2.75, 3.05) is 14.2 Å². The Labute approximate surface area is 195 Å². The zero-order valence-corrected chi connectivity index (χ0v) is 19.6. The van der Waals surface area contributed by atoms with Crippen molar-refractivity contribution in [3.63, 3.8) is 0 Å². The van der Waals surface area contributed by atoms with Gasteiger partial charge in [0.05, 0.1) is 25.5 Å². The van der Waals surface area contributed by atoms with Gasteiger partial charge in [-0.1, -0.05) is 42.5 Å². The van der Waals surface area contributed by atoms with Crippen molar-refractivity contribution in [1.29, 1.82) is 0 Å². The third-order valence-corrected chi connectivity index (χ3v) is 6.79. The molecular weight excluding hydrogens is 414 g/mol. The van der Waals surface area contributed by atoms with Gasteiger partial charge in [-0.05, 0) is 67.7 Å². The molecular formula is C27H33N3O3. The number of carbonyl (C=O) groups excluding carboxylic acids is 1. The zero-order chi connectivity index (χ0) is 23.4. The molecule has 0 bridgehead atoms. The summed E-state index contributed by atoms with van der Waals surface area (Å²) in [7, 11) is 3.38. The van der Waals surface area contributed by atoms with E-state index in [0.717, 1.165) is 42.6 Å². The van der Waals surface area contributed by atoms with Gasteiger partial charge >= 0.3 is 0 Å². The van der Waals surface area contributed by atoms with Crippen molar-refractivity contribution in [3.05, 3.63) is 82.7 Å². The van der Waals surface area contributed by atoms with Crippen LogP contribution >= 0.6 is 0 Å². The number of nitrogens with zero attached hydrogens (tertiary/aromatic N) is 2. The molecule has 1 fully saturated rings. The predicted molar refractivity (Wildman–Crippen MR) is 128 cm³/mol. The van der Waals surface area contributed by atoms with Crippen molar-refractivity contribution in [2.45, 2.75) is 45.3 Å². The van der Waals surface area contributed by atoms with Crippen LogP contribution in [0.3, 0.4) is 0 Å². The smallest absolute Gasteiger partial charge is 0.253 e. The predicted octanol–water partition coefficient (Wildman–Crippen LogP) is 4.69. The van der Waals surface area contributed by atoms with Gasteiger partial charge in [-0.25, -0.2) is 0 Å². The Morgan fingerprint density at radius 2 is 1.91 bits per heavy atom. The molecule has 1 heterocycles. The van der Waals surface area contributed by atoms with Gasteiger partial charge in [-0.2, -0.15) is 5.10 Å². The summed E-state index contributed by atoms with van der Waals surface area (Å²) < 4.78 is 5.38. The summed E-state index contributed by atoms with van der Waals surface area (Å²) in [6.07, 6.45) is 3.81. The number of rotatable bonds is 8. The topological polar surface area (TPSA) is 78.4 Å². The van der Waals surface area contributed by atoms with Gasteiger partial charge in [0.15, 0.2) is 5.75 Å². The van der Waals surface area contributed by atoms with Gasteiger partial charge < -0.3 is 14.7 Å². The molecule has 2 aromatic carbocycles. The van der Waals surface area contributed by atoms with Crippen LogP contribution in [-0.2, 0) is 13.0 Å². The normalized spacial score (nSPS) is 18.8. The quantitative estimate of drug-likeness (QED) is 0.525. The summed E-state index contributed by atoms with van der Waals surface area (Å²) in [6.45, 7) is 2.27. The van der Waals surface area contributed by atoms with Crippen LogP contribution in [0, 0.1) is 18.8 Å². The van der Waals surface area contributed by atoms with Gasteiger partial charge in [-0.15, -0.1) is 0 Å². The number of nitrogens with one attached hydrogen (secondary N) is 1. The van der Waals surface area contributed by atoms with Crippen LogP contribution < -0.4 is 4.74 Å². The Hall–Kier alpha value is -3.12. The third-order valence-electron chi connectivity index (χ3n) is 6.79. The average molecular weight is 448 g/mol. The number of aryl methyl sites for hydroxylation is 1. The minimum absolute atomic E-state index is 0.0452. The van der Waals surface area contributed by atoms with Gasteiger partial charge in [-0.3, -0.25) is 9.89 Å². The molecule has 1 aliphatic rings. The molecule has 0 spiro atoms. The second-order valence-corrected chi connectivity index (χ2v) is 9.19. The number of benzene rings is 2. The molecule has 1 unspecified atom stereocenters. The molecule has 3 aromatic rings. The monoisotopic (exact) mass is 447 g/mol. The molecule has 2 N–H and O–H groups in total. The minimum atomic E-state index is -0.385. The fraction of sp³-hybridized carbons (Fsp3) is 0.407. The first kappa shape index (κ1) is 23.1. The van der Waals surface area contributed by atoms with E-state index < -0.39 is 0 Å². The highest BCUT2D eigenvalue weighted by Crippen LogP contribution is 2.40. The molecule has 4 rings (SSSR count). The number of aromatic amines is 1. The number of carbonyl (C=O) groups is 1. The lowest BCUT2D eigenvalue weighted by atomic mass is 9.91. The Morgan fingerprint density at radius 3 is 2.61 bits per heavy atom. The van der Waals surface area contributed by atoms with Gasteiger partial charge in [0.25, 0.3) is 5.91 Å². The van der Waals surface area contributed by atoms with Crippen molar-refractivity contribution in [1.82, 2.24) is 15.1 Å².